The van der Waals surface area contributed by atoms with Crippen LogP contribution in [-0.4, -0.2) is 36.1 Å². The first kappa shape index (κ1) is 12.4. The molecule has 1 fully saturated rings. The molecule has 0 aliphatic carbocycles. The van der Waals surface area contributed by atoms with Crippen molar-refractivity contribution in [1.82, 2.24) is 15.1 Å². The average molecular weight is 239 g/mol. The van der Waals surface area contributed by atoms with E-state index in [1.165, 1.54) is 6.42 Å². The Kier molecular flexibility index (Phi) is 4.02. The lowest BCUT2D eigenvalue weighted by Gasteiger charge is -2.11. The van der Waals surface area contributed by atoms with Crippen LogP contribution < -0.4 is 10.1 Å². The molecule has 0 aromatic carbocycles. The van der Waals surface area contributed by atoms with Crippen molar-refractivity contribution in [2.75, 3.05) is 20.3 Å². The Labute approximate surface area is 102 Å². The van der Waals surface area contributed by atoms with Gasteiger partial charge in [-0.1, -0.05) is 0 Å². The van der Waals surface area contributed by atoms with Crippen LogP contribution in [-0.2, 0) is 18.3 Å². The first-order chi connectivity index (χ1) is 8.22. The molecule has 0 saturated carbocycles. The molecule has 1 saturated heterocycles. The Morgan fingerprint density at radius 1 is 1.59 bits per heavy atom. The van der Waals surface area contributed by atoms with Crippen molar-refractivity contribution in [3.63, 3.8) is 0 Å². The number of hydrogen-bond donors (Lipinski definition) is 1. The summed E-state index contributed by atoms with van der Waals surface area (Å²) in [4.78, 5) is 0. The molecule has 2 rings (SSSR count). The molecule has 5 heteroatoms. The van der Waals surface area contributed by atoms with Gasteiger partial charge < -0.3 is 14.8 Å². The van der Waals surface area contributed by atoms with Crippen LogP contribution in [0, 0.1) is 6.92 Å². The Bertz CT molecular complexity index is 370. The van der Waals surface area contributed by atoms with Gasteiger partial charge in [0.1, 0.15) is 0 Å². The quantitative estimate of drug-likeness (QED) is 0.833. The van der Waals surface area contributed by atoms with E-state index < -0.39 is 0 Å². The van der Waals surface area contributed by atoms with Crippen LogP contribution in [0.15, 0.2) is 0 Å². The standard InChI is InChI=1S/C12H21N3O2/c1-9-11(12(16-3)15(2)14-9)8-13-7-10-5-4-6-17-10/h10,13H,4-8H2,1-3H3/t10-/m0/s1. The number of ether oxygens (including phenoxy) is 2. The zero-order valence-corrected chi connectivity index (χ0v) is 10.8. The van der Waals surface area contributed by atoms with Crippen LogP contribution in [0.2, 0.25) is 0 Å². The van der Waals surface area contributed by atoms with E-state index in [0.717, 1.165) is 43.3 Å². The summed E-state index contributed by atoms with van der Waals surface area (Å²) in [6.07, 6.45) is 2.72. The predicted molar refractivity (Wildman–Crippen MR) is 65.2 cm³/mol. The number of aryl methyl sites for hydroxylation is 2. The lowest BCUT2D eigenvalue weighted by atomic mass is 10.2. The van der Waals surface area contributed by atoms with Crippen molar-refractivity contribution < 1.29 is 9.47 Å². The van der Waals surface area contributed by atoms with Gasteiger partial charge in [-0.25, -0.2) is 4.68 Å². The van der Waals surface area contributed by atoms with E-state index in [2.05, 4.69) is 10.4 Å². The first-order valence-electron chi connectivity index (χ1n) is 6.11. The van der Waals surface area contributed by atoms with Gasteiger partial charge in [-0.2, -0.15) is 5.10 Å². The fourth-order valence-corrected chi connectivity index (χ4v) is 2.30. The monoisotopic (exact) mass is 239 g/mol. The minimum Gasteiger partial charge on any atom is -0.481 e. The molecular weight excluding hydrogens is 218 g/mol. The molecule has 0 radical (unpaired) electrons. The van der Waals surface area contributed by atoms with Gasteiger partial charge in [0.15, 0.2) is 0 Å². The second-order valence-corrected chi connectivity index (χ2v) is 4.46. The summed E-state index contributed by atoms with van der Waals surface area (Å²) in [6, 6.07) is 0. The fraction of sp³-hybridized carbons (Fsp3) is 0.750. The Balaban J connectivity index is 1.89. The highest BCUT2D eigenvalue weighted by Gasteiger charge is 2.17. The zero-order chi connectivity index (χ0) is 12.3. The average Bonchev–Trinajstić information content (AvgIpc) is 2.88. The number of nitrogens with one attached hydrogen (secondary N) is 1. The normalized spacial score (nSPS) is 19.8. The van der Waals surface area contributed by atoms with Crippen LogP contribution in [0.1, 0.15) is 24.1 Å². The summed E-state index contributed by atoms with van der Waals surface area (Å²) < 4.78 is 12.7. The van der Waals surface area contributed by atoms with Crippen LogP contribution in [0.4, 0.5) is 0 Å². The zero-order valence-electron chi connectivity index (χ0n) is 10.8. The van der Waals surface area contributed by atoms with Crippen LogP contribution in [0.5, 0.6) is 5.88 Å². The summed E-state index contributed by atoms with van der Waals surface area (Å²) in [6.45, 7) is 4.59. The molecule has 1 aromatic rings. The number of rotatable bonds is 5. The van der Waals surface area contributed by atoms with Crippen molar-refractivity contribution in [2.45, 2.75) is 32.4 Å². The Morgan fingerprint density at radius 3 is 3.06 bits per heavy atom. The van der Waals surface area contributed by atoms with Gasteiger partial charge >= 0.3 is 0 Å². The molecule has 1 N–H and O–H groups in total. The highest BCUT2D eigenvalue weighted by Crippen LogP contribution is 2.20. The van der Waals surface area contributed by atoms with E-state index in [-0.39, 0.29) is 0 Å². The molecule has 1 atom stereocenters. The summed E-state index contributed by atoms with van der Waals surface area (Å²) in [5, 5.41) is 7.77. The molecule has 2 heterocycles. The van der Waals surface area contributed by atoms with Crippen molar-refractivity contribution in [3.8, 4) is 5.88 Å². The molecule has 1 aliphatic rings. The maximum absolute atomic E-state index is 5.57. The second-order valence-electron chi connectivity index (χ2n) is 4.46. The van der Waals surface area contributed by atoms with E-state index in [4.69, 9.17) is 9.47 Å². The third-order valence-corrected chi connectivity index (χ3v) is 3.18. The molecule has 0 unspecified atom stereocenters. The lowest BCUT2D eigenvalue weighted by Crippen LogP contribution is -2.26. The Hall–Kier alpha value is -1.07. The van der Waals surface area contributed by atoms with E-state index in [0.29, 0.717) is 6.10 Å². The minimum atomic E-state index is 0.373. The van der Waals surface area contributed by atoms with Gasteiger partial charge in [-0.15, -0.1) is 0 Å². The second kappa shape index (κ2) is 5.51. The summed E-state index contributed by atoms with van der Waals surface area (Å²) in [5.74, 6) is 0.836. The van der Waals surface area contributed by atoms with E-state index in [1.54, 1.807) is 11.8 Å². The third kappa shape index (κ3) is 2.79. The number of hydrogen-bond acceptors (Lipinski definition) is 4. The van der Waals surface area contributed by atoms with Crippen LogP contribution in [0.3, 0.4) is 0 Å². The van der Waals surface area contributed by atoms with Crippen molar-refractivity contribution in [3.05, 3.63) is 11.3 Å². The van der Waals surface area contributed by atoms with E-state index >= 15 is 0 Å². The SMILES string of the molecule is COc1c(CNC[C@@H]2CCCO2)c(C)nn1C. The lowest BCUT2D eigenvalue weighted by molar-refractivity contribution is 0.110. The molecule has 1 aromatic heterocycles. The van der Waals surface area contributed by atoms with E-state index in [1.807, 2.05) is 14.0 Å². The molecule has 0 spiro atoms. The van der Waals surface area contributed by atoms with Gasteiger partial charge in [-0.05, 0) is 19.8 Å². The highest BCUT2D eigenvalue weighted by molar-refractivity contribution is 5.30. The predicted octanol–water partition coefficient (Wildman–Crippen LogP) is 1.01. The fourth-order valence-electron chi connectivity index (χ4n) is 2.30. The summed E-state index contributed by atoms with van der Waals surface area (Å²) in [7, 11) is 3.58. The highest BCUT2D eigenvalue weighted by atomic mass is 16.5. The molecule has 5 nitrogen and oxygen atoms in total. The Morgan fingerprint density at radius 2 is 2.41 bits per heavy atom. The molecule has 17 heavy (non-hydrogen) atoms. The van der Waals surface area contributed by atoms with Gasteiger partial charge in [0.05, 0.1) is 24.5 Å². The maximum atomic E-state index is 5.57. The first-order valence-corrected chi connectivity index (χ1v) is 6.11. The van der Waals surface area contributed by atoms with Gasteiger partial charge in [0.2, 0.25) is 5.88 Å². The molecule has 0 amide bonds. The molecule has 1 aliphatic heterocycles. The van der Waals surface area contributed by atoms with Crippen molar-refractivity contribution >= 4 is 0 Å². The smallest absolute Gasteiger partial charge is 0.216 e. The number of methoxy groups -OCH3 is 1. The van der Waals surface area contributed by atoms with Gasteiger partial charge in [0.25, 0.3) is 0 Å². The maximum Gasteiger partial charge on any atom is 0.216 e. The van der Waals surface area contributed by atoms with E-state index in [9.17, 15) is 0 Å². The molecular formula is C12H21N3O2. The molecule has 96 valence electrons. The van der Waals surface area contributed by atoms with Gasteiger partial charge in [0, 0.05) is 26.7 Å². The van der Waals surface area contributed by atoms with Crippen molar-refractivity contribution in [2.24, 2.45) is 7.05 Å². The summed E-state index contributed by atoms with van der Waals surface area (Å²) >= 11 is 0. The van der Waals surface area contributed by atoms with Crippen molar-refractivity contribution in [1.29, 1.82) is 0 Å². The van der Waals surface area contributed by atoms with Gasteiger partial charge in [-0.3, -0.25) is 0 Å². The largest absolute Gasteiger partial charge is 0.481 e. The topological polar surface area (TPSA) is 48.3 Å². The van der Waals surface area contributed by atoms with Crippen LogP contribution in [0.25, 0.3) is 0 Å². The minimum absolute atomic E-state index is 0.373. The third-order valence-electron chi connectivity index (χ3n) is 3.18. The van der Waals surface area contributed by atoms with Crippen LogP contribution >= 0.6 is 0 Å². The number of nitrogens with zero attached hydrogens (tertiary/aromatic N) is 2. The summed E-state index contributed by atoms with van der Waals surface area (Å²) in [5.41, 5.74) is 2.15. The molecule has 0 bridgehead atoms. The number of aromatic nitrogens is 2.